The van der Waals surface area contributed by atoms with Crippen molar-refractivity contribution in [2.75, 3.05) is 13.9 Å². The first-order chi connectivity index (χ1) is 5.35. The molecule has 1 atom stereocenters. The summed E-state index contributed by atoms with van der Waals surface area (Å²) in [6.07, 6.45) is 3.34. The van der Waals surface area contributed by atoms with Gasteiger partial charge in [-0.3, -0.25) is 0 Å². The van der Waals surface area contributed by atoms with Gasteiger partial charge in [-0.15, -0.1) is 0 Å². The molecule has 3 heteroatoms. The summed E-state index contributed by atoms with van der Waals surface area (Å²) in [6, 6.07) is 0. The van der Waals surface area contributed by atoms with Gasteiger partial charge in [-0.2, -0.15) is 0 Å². The Morgan fingerprint density at radius 3 is 2.73 bits per heavy atom. The maximum absolute atomic E-state index is 10.1. The highest BCUT2D eigenvalue weighted by Crippen LogP contribution is 2.04. The molecule has 0 aromatic carbocycles. The quantitative estimate of drug-likeness (QED) is 0.416. The summed E-state index contributed by atoms with van der Waals surface area (Å²) in [5, 5.41) is 0. The van der Waals surface area contributed by atoms with Crippen molar-refractivity contribution in [3.8, 4) is 0 Å². The number of carbonyl (C=O) groups is 1. The zero-order chi connectivity index (χ0) is 8.53. The van der Waals surface area contributed by atoms with Crippen LogP contribution in [0.2, 0.25) is 0 Å². The lowest BCUT2D eigenvalue weighted by Crippen LogP contribution is -2.14. The Labute approximate surface area is 67.7 Å². The summed E-state index contributed by atoms with van der Waals surface area (Å²) < 4.78 is 9.95. The Bertz CT molecular complexity index is 93.3. The molecule has 0 heterocycles. The molecule has 0 aliphatic carbocycles. The predicted octanol–water partition coefficient (Wildman–Crippen LogP) is 1.36. The van der Waals surface area contributed by atoms with Gasteiger partial charge in [-0.25, -0.2) is 0 Å². The molecule has 0 aliphatic heterocycles. The molecule has 0 rings (SSSR count). The molecule has 0 bridgehead atoms. The SMILES string of the molecule is CCC[C@@H](CC=O)OCOC. The third-order valence-corrected chi connectivity index (χ3v) is 1.39. The molecule has 0 aromatic rings. The first kappa shape index (κ1) is 10.6. The lowest BCUT2D eigenvalue weighted by Gasteiger charge is -2.12. The van der Waals surface area contributed by atoms with Crippen LogP contribution in [0.3, 0.4) is 0 Å². The molecular formula is C8H16O3. The van der Waals surface area contributed by atoms with Gasteiger partial charge in [0, 0.05) is 13.5 Å². The fourth-order valence-electron chi connectivity index (χ4n) is 0.863. The molecule has 0 fully saturated rings. The van der Waals surface area contributed by atoms with Crippen molar-refractivity contribution < 1.29 is 14.3 Å². The average molecular weight is 160 g/mol. The van der Waals surface area contributed by atoms with E-state index in [0.717, 1.165) is 19.1 Å². The average Bonchev–Trinajstić information content (AvgIpc) is 2.01. The molecule has 0 unspecified atom stereocenters. The number of carbonyl (C=O) groups excluding carboxylic acids is 1. The molecule has 0 radical (unpaired) electrons. The summed E-state index contributed by atoms with van der Waals surface area (Å²) in [6.45, 7) is 2.34. The second kappa shape index (κ2) is 7.69. The van der Waals surface area contributed by atoms with Crippen LogP contribution in [-0.4, -0.2) is 26.3 Å². The maximum atomic E-state index is 10.1. The molecule has 0 aliphatic rings. The molecule has 0 N–H and O–H groups in total. The third-order valence-electron chi connectivity index (χ3n) is 1.39. The number of ether oxygens (including phenoxy) is 2. The van der Waals surface area contributed by atoms with Gasteiger partial charge < -0.3 is 14.3 Å². The fourth-order valence-corrected chi connectivity index (χ4v) is 0.863. The van der Waals surface area contributed by atoms with E-state index in [-0.39, 0.29) is 12.9 Å². The van der Waals surface area contributed by atoms with Gasteiger partial charge in [0.2, 0.25) is 0 Å². The van der Waals surface area contributed by atoms with Crippen molar-refractivity contribution in [2.45, 2.75) is 32.3 Å². The summed E-state index contributed by atoms with van der Waals surface area (Å²) in [4.78, 5) is 10.1. The van der Waals surface area contributed by atoms with Crippen LogP contribution < -0.4 is 0 Å². The van der Waals surface area contributed by atoms with E-state index in [9.17, 15) is 4.79 Å². The second-order valence-corrected chi connectivity index (χ2v) is 2.39. The van der Waals surface area contributed by atoms with E-state index in [4.69, 9.17) is 9.47 Å². The van der Waals surface area contributed by atoms with Crippen LogP contribution in [0.15, 0.2) is 0 Å². The topological polar surface area (TPSA) is 35.5 Å². The van der Waals surface area contributed by atoms with Gasteiger partial charge in [-0.05, 0) is 6.42 Å². The Kier molecular flexibility index (Phi) is 7.41. The van der Waals surface area contributed by atoms with Gasteiger partial charge in [0.25, 0.3) is 0 Å². The number of hydrogen-bond donors (Lipinski definition) is 0. The van der Waals surface area contributed by atoms with Crippen molar-refractivity contribution in [3.05, 3.63) is 0 Å². The zero-order valence-corrected chi connectivity index (χ0v) is 7.21. The number of methoxy groups -OCH3 is 1. The molecule has 0 spiro atoms. The minimum absolute atomic E-state index is 0.0393. The van der Waals surface area contributed by atoms with Crippen molar-refractivity contribution in [3.63, 3.8) is 0 Å². The van der Waals surface area contributed by atoms with E-state index >= 15 is 0 Å². The standard InChI is InChI=1S/C8H16O3/c1-3-4-8(5-6-9)11-7-10-2/h6,8H,3-5,7H2,1-2H3/t8-/m0/s1. The van der Waals surface area contributed by atoms with Gasteiger partial charge in [0.15, 0.2) is 0 Å². The normalized spacial score (nSPS) is 12.9. The van der Waals surface area contributed by atoms with E-state index in [1.54, 1.807) is 7.11 Å². The summed E-state index contributed by atoms with van der Waals surface area (Å²) in [5.74, 6) is 0. The molecule has 0 saturated heterocycles. The highest BCUT2D eigenvalue weighted by molar-refractivity contribution is 5.50. The van der Waals surface area contributed by atoms with Crippen LogP contribution in [0.4, 0.5) is 0 Å². The molecule has 0 aromatic heterocycles. The van der Waals surface area contributed by atoms with E-state index in [1.165, 1.54) is 0 Å². The Morgan fingerprint density at radius 2 is 2.27 bits per heavy atom. The fraction of sp³-hybridized carbons (Fsp3) is 0.875. The molecule has 0 saturated carbocycles. The van der Waals surface area contributed by atoms with E-state index in [2.05, 4.69) is 6.92 Å². The van der Waals surface area contributed by atoms with Crippen LogP contribution in [0.5, 0.6) is 0 Å². The Balaban J connectivity index is 3.41. The number of aldehydes is 1. The van der Waals surface area contributed by atoms with Gasteiger partial charge in [0.1, 0.15) is 13.1 Å². The summed E-state index contributed by atoms with van der Waals surface area (Å²) in [5.41, 5.74) is 0. The van der Waals surface area contributed by atoms with E-state index in [1.807, 2.05) is 0 Å². The highest BCUT2D eigenvalue weighted by atomic mass is 16.7. The van der Waals surface area contributed by atoms with Crippen molar-refractivity contribution in [2.24, 2.45) is 0 Å². The van der Waals surface area contributed by atoms with Crippen LogP contribution in [0.25, 0.3) is 0 Å². The predicted molar refractivity (Wildman–Crippen MR) is 42.3 cm³/mol. The van der Waals surface area contributed by atoms with Crippen LogP contribution in [-0.2, 0) is 14.3 Å². The van der Waals surface area contributed by atoms with Gasteiger partial charge >= 0.3 is 0 Å². The number of rotatable bonds is 7. The summed E-state index contributed by atoms with van der Waals surface area (Å²) >= 11 is 0. The first-order valence-electron chi connectivity index (χ1n) is 3.89. The van der Waals surface area contributed by atoms with Crippen LogP contribution >= 0.6 is 0 Å². The van der Waals surface area contributed by atoms with Crippen LogP contribution in [0, 0.1) is 0 Å². The molecule has 11 heavy (non-hydrogen) atoms. The minimum atomic E-state index is 0.0393. The number of hydrogen-bond acceptors (Lipinski definition) is 3. The third kappa shape index (κ3) is 6.01. The minimum Gasteiger partial charge on any atom is -0.359 e. The van der Waals surface area contributed by atoms with E-state index in [0.29, 0.717) is 6.42 Å². The molecule has 66 valence electrons. The Hall–Kier alpha value is -0.410. The maximum Gasteiger partial charge on any atom is 0.146 e. The van der Waals surface area contributed by atoms with E-state index < -0.39 is 0 Å². The molecule has 0 amide bonds. The van der Waals surface area contributed by atoms with Crippen LogP contribution in [0.1, 0.15) is 26.2 Å². The molecular weight excluding hydrogens is 144 g/mol. The van der Waals surface area contributed by atoms with Gasteiger partial charge in [-0.1, -0.05) is 13.3 Å². The van der Waals surface area contributed by atoms with Crippen molar-refractivity contribution >= 4 is 6.29 Å². The largest absolute Gasteiger partial charge is 0.359 e. The Morgan fingerprint density at radius 1 is 1.55 bits per heavy atom. The second-order valence-electron chi connectivity index (χ2n) is 2.39. The first-order valence-corrected chi connectivity index (χ1v) is 3.89. The van der Waals surface area contributed by atoms with Crippen molar-refractivity contribution in [1.29, 1.82) is 0 Å². The van der Waals surface area contributed by atoms with Gasteiger partial charge in [0.05, 0.1) is 6.10 Å². The smallest absolute Gasteiger partial charge is 0.146 e. The monoisotopic (exact) mass is 160 g/mol. The van der Waals surface area contributed by atoms with Crippen molar-refractivity contribution in [1.82, 2.24) is 0 Å². The highest BCUT2D eigenvalue weighted by Gasteiger charge is 2.05. The zero-order valence-electron chi connectivity index (χ0n) is 7.21. The lowest BCUT2D eigenvalue weighted by molar-refractivity contribution is -0.115. The lowest BCUT2D eigenvalue weighted by atomic mass is 10.1. The summed E-state index contributed by atoms with van der Waals surface area (Å²) in [7, 11) is 1.57. The molecule has 3 nitrogen and oxygen atoms in total.